The summed E-state index contributed by atoms with van der Waals surface area (Å²) < 4.78 is 5.63. The van der Waals surface area contributed by atoms with E-state index in [2.05, 4.69) is 10.6 Å². The van der Waals surface area contributed by atoms with Crippen molar-refractivity contribution in [3.05, 3.63) is 29.8 Å². The molecule has 2 rings (SSSR count). The van der Waals surface area contributed by atoms with E-state index in [-0.39, 0.29) is 30.6 Å². The van der Waals surface area contributed by atoms with E-state index >= 15 is 0 Å². The minimum absolute atomic E-state index is 0.0237. The molecule has 1 saturated heterocycles. The lowest BCUT2D eigenvalue weighted by atomic mass is 10.1. The highest BCUT2D eigenvalue weighted by molar-refractivity contribution is 5.91. The number of benzene rings is 1. The third-order valence-corrected chi connectivity index (χ3v) is 3.60. The first-order valence-corrected chi connectivity index (χ1v) is 7.49. The van der Waals surface area contributed by atoms with E-state index < -0.39 is 0 Å². The molecule has 6 heteroatoms. The zero-order valence-corrected chi connectivity index (χ0v) is 13.3. The predicted molar refractivity (Wildman–Crippen MR) is 84.8 cm³/mol. The number of nitrogens with one attached hydrogen (secondary N) is 2. The van der Waals surface area contributed by atoms with Crippen LogP contribution in [-0.2, 0) is 16.0 Å². The summed E-state index contributed by atoms with van der Waals surface area (Å²) in [5.41, 5.74) is 1.47. The summed E-state index contributed by atoms with van der Waals surface area (Å²) in [6, 6.07) is 7.19. The molecule has 120 valence electrons. The highest BCUT2D eigenvalue weighted by Crippen LogP contribution is 2.18. The molecule has 1 fully saturated rings. The third-order valence-electron chi connectivity index (χ3n) is 3.60. The van der Waals surface area contributed by atoms with Gasteiger partial charge in [0.15, 0.2) is 0 Å². The van der Waals surface area contributed by atoms with Gasteiger partial charge < -0.3 is 20.3 Å². The van der Waals surface area contributed by atoms with E-state index in [1.54, 1.807) is 11.9 Å². The largest absolute Gasteiger partial charge is 0.372 e. The van der Waals surface area contributed by atoms with Crippen molar-refractivity contribution in [2.75, 3.05) is 25.5 Å². The molecule has 0 spiro atoms. The minimum Gasteiger partial charge on any atom is -0.372 e. The van der Waals surface area contributed by atoms with Crippen LogP contribution in [0, 0.1) is 0 Å². The van der Waals surface area contributed by atoms with Crippen molar-refractivity contribution in [2.24, 2.45) is 0 Å². The van der Waals surface area contributed by atoms with Crippen LogP contribution in [-0.4, -0.2) is 49.2 Å². The average molecular weight is 305 g/mol. The summed E-state index contributed by atoms with van der Waals surface area (Å²) in [5.74, 6) is -0.0877. The lowest BCUT2D eigenvalue weighted by Gasteiger charge is -2.35. The Labute approximate surface area is 130 Å². The topological polar surface area (TPSA) is 70.7 Å². The van der Waals surface area contributed by atoms with Crippen molar-refractivity contribution in [1.82, 2.24) is 10.2 Å². The van der Waals surface area contributed by atoms with Gasteiger partial charge in [0.1, 0.15) is 0 Å². The molecule has 1 aliphatic heterocycles. The quantitative estimate of drug-likeness (QED) is 0.891. The Balaban J connectivity index is 2.06. The fourth-order valence-corrected chi connectivity index (χ4v) is 2.60. The number of nitrogens with zero attached hydrogens (tertiary/aromatic N) is 1. The van der Waals surface area contributed by atoms with E-state index in [9.17, 15) is 9.59 Å². The van der Waals surface area contributed by atoms with Gasteiger partial charge >= 0.3 is 6.03 Å². The lowest BCUT2D eigenvalue weighted by molar-refractivity contribution is -0.119. The molecular formula is C16H23N3O3. The molecule has 1 aromatic carbocycles. The monoisotopic (exact) mass is 305 g/mol. The van der Waals surface area contributed by atoms with Gasteiger partial charge in [-0.2, -0.15) is 0 Å². The zero-order chi connectivity index (χ0) is 16.1. The van der Waals surface area contributed by atoms with Crippen LogP contribution >= 0.6 is 0 Å². The van der Waals surface area contributed by atoms with E-state index in [1.807, 2.05) is 38.1 Å². The summed E-state index contributed by atoms with van der Waals surface area (Å²) >= 11 is 0. The van der Waals surface area contributed by atoms with Gasteiger partial charge in [0, 0.05) is 25.8 Å². The maximum atomic E-state index is 12.4. The van der Waals surface area contributed by atoms with Crippen molar-refractivity contribution in [2.45, 2.75) is 32.5 Å². The Bertz CT molecular complexity index is 537. The summed E-state index contributed by atoms with van der Waals surface area (Å²) in [7, 11) is 1.60. The summed E-state index contributed by atoms with van der Waals surface area (Å²) in [6.07, 6.45) is 0.286. The molecule has 6 nitrogen and oxygen atoms in total. The van der Waals surface area contributed by atoms with Crippen molar-refractivity contribution in [1.29, 1.82) is 0 Å². The number of likely N-dealkylation sites (N-methyl/N-ethyl adjacent to an activating group) is 1. The Hall–Kier alpha value is -2.08. The Morgan fingerprint density at radius 1 is 1.23 bits per heavy atom. The van der Waals surface area contributed by atoms with E-state index in [1.165, 1.54) is 0 Å². The summed E-state index contributed by atoms with van der Waals surface area (Å²) in [5, 5.41) is 5.49. The number of rotatable bonds is 3. The molecule has 0 aliphatic carbocycles. The second kappa shape index (κ2) is 7.26. The number of ether oxygens (including phenoxy) is 1. The number of carbonyl (C=O) groups excluding carboxylic acids is 2. The van der Waals surface area contributed by atoms with Crippen LogP contribution in [0.25, 0.3) is 0 Å². The van der Waals surface area contributed by atoms with Gasteiger partial charge in [0.2, 0.25) is 5.91 Å². The molecular weight excluding hydrogens is 282 g/mol. The lowest BCUT2D eigenvalue weighted by Crippen LogP contribution is -2.49. The van der Waals surface area contributed by atoms with Crippen molar-refractivity contribution >= 4 is 17.6 Å². The van der Waals surface area contributed by atoms with Gasteiger partial charge in [0.05, 0.1) is 18.6 Å². The molecule has 0 aromatic heterocycles. The van der Waals surface area contributed by atoms with Gasteiger partial charge in [-0.1, -0.05) is 18.2 Å². The van der Waals surface area contributed by atoms with Gasteiger partial charge in [-0.3, -0.25) is 4.79 Å². The first-order chi connectivity index (χ1) is 10.5. The smallest absolute Gasteiger partial charge is 0.322 e. The Kier molecular flexibility index (Phi) is 5.38. The van der Waals surface area contributed by atoms with E-state index in [0.29, 0.717) is 18.8 Å². The number of para-hydroxylation sites is 1. The summed E-state index contributed by atoms with van der Waals surface area (Å²) in [6.45, 7) is 5.03. The number of carbonyl (C=O) groups is 2. The highest BCUT2D eigenvalue weighted by atomic mass is 16.5. The first-order valence-electron chi connectivity index (χ1n) is 7.49. The molecule has 2 N–H and O–H groups in total. The average Bonchev–Trinajstić information content (AvgIpc) is 2.48. The van der Waals surface area contributed by atoms with Crippen molar-refractivity contribution in [3.8, 4) is 0 Å². The number of hydrogen-bond acceptors (Lipinski definition) is 3. The van der Waals surface area contributed by atoms with Gasteiger partial charge in [-0.25, -0.2) is 4.79 Å². The normalized spacial score (nSPS) is 21.3. The fourth-order valence-electron chi connectivity index (χ4n) is 2.60. The molecule has 0 bridgehead atoms. The molecule has 1 heterocycles. The second-order valence-corrected chi connectivity index (χ2v) is 5.60. The minimum atomic E-state index is -0.161. The second-order valence-electron chi connectivity index (χ2n) is 5.60. The van der Waals surface area contributed by atoms with Crippen LogP contribution in [0.15, 0.2) is 24.3 Å². The van der Waals surface area contributed by atoms with Crippen molar-refractivity contribution < 1.29 is 14.3 Å². The molecule has 1 aromatic rings. The SMILES string of the molecule is CNC(=O)Cc1ccccc1NC(=O)N1C[C@H](C)O[C@@H](C)C1. The van der Waals surface area contributed by atoms with Crippen LogP contribution in [0.2, 0.25) is 0 Å². The molecule has 0 unspecified atom stereocenters. The molecule has 2 atom stereocenters. The van der Waals surface area contributed by atoms with Gasteiger partial charge in [-0.05, 0) is 25.5 Å². The van der Waals surface area contributed by atoms with Crippen LogP contribution in [0.3, 0.4) is 0 Å². The van der Waals surface area contributed by atoms with Crippen LogP contribution in [0.4, 0.5) is 10.5 Å². The number of amides is 3. The highest BCUT2D eigenvalue weighted by Gasteiger charge is 2.26. The molecule has 22 heavy (non-hydrogen) atoms. The number of morpholine rings is 1. The number of hydrogen-bond donors (Lipinski definition) is 2. The predicted octanol–water partition coefficient (Wildman–Crippen LogP) is 1.62. The van der Waals surface area contributed by atoms with E-state index in [0.717, 1.165) is 5.56 Å². The summed E-state index contributed by atoms with van der Waals surface area (Å²) in [4.78, 5) is 25.7. The van der Waals surface area contributed by atoms with E-state index in [4.69, 9.17) is 4.74 Å². The standard InChI is InChI=1S/C16H23N3O3/c1-11-9-19(10-12(2)22-11)16(21)18-14-7-5-4-6-13(14)8-15(20)17-3/h4-7,11-12H,8-10H2,1-3H3,(H,17,20)(H,18,21)/t11-,12-/m0/s1. The number of urea groups is 1. The molecule has 0 saturated carbocycles. The van der Waals surface area contributed by atoms with Crippen molar-refractivity contribution in [3.63, 3.8) is 0 Å². The maximum absolute atomic E-state index is 12.4. The van der Waals surface area contributed by atoms with Crippen LogP contribution in [0.1, 0.15) is 19.4 Å². The first kappa shape index (κ1) is 16.3. The maximum Gasteiger partial charge on any atom is 0.322 e. The molecule has 1 aliphatic rings. The molecule has 3 amide bonds. The zero-order valence-electron chi connectivity index (χ0n) is 13.3. The fraction of sp³-hybridized carbons (Fsp3) is 0.500. The Morgan fingerprint density at radius 2 is 1.86 bits per heavy atom. The van der Waals surface area contributed by atoms with Gasteiger partial charge in [0.25, 0.3) is 0 Å². The van der Waals surface area contributed by atoms with Crippen LogP contribution < -0.4 is 10.6 Å². The third kappa shape index (κ3) is 4.21. The van der Waals surface area contributed by atoms with Crippen LogP contribution in [0.5, 0.6) is 0 Å². The number of anilines is 1. The van der Waals surface area contributed by atoms with Gasteiger partial charge in [-0.15, -0.1) is 0 Å². The molecule has 0 radical (unpaired) electrons. The Morgan fingerprint density at radius 3 is 2.50 bits per heavy atom.